The van der Waals surface area contributed by atoms with E-state index in [1.165, 1.54) is 5.56 Å². The first-order valence-corrected chi connectivity index (χ1v) is 15.9. The Bertz CT molecular complexity index is 1870. The first kappa shape index (κ1) is 30.4. The summed E-state index contributed by atoms with van der Waals surface area (Å²) in [6.07, 6.45) is 0.811. The van der Waals surface area contributed by atoms with E-state index in [0.717, 1.165) is 57.4 Å². The van der Waals surface area contributed by atoms with Crippen LogP contribution in [0, 0.1) is 12.8 Å². The Kier molecular flexibility index (Phi) is 9.26. The fourth-order valence-corrected chi connectivity index (χ4v) is 5.57. The van der Waals surface area contributed by atoms with E-state index in [1.54, 1.807) is 0 Å². The summed E-state index contributed by atoms with van der Waals surface area (Å²) in [5.74, 6) is 0.0212. The van der Waals surface area contributed by atoms with Crippen LogP contribution in [0.1, 0.15) is 25.8 Å². The lowest BCUT2D eigenvalue weighted by Gasteiger charge is -2.26. The number of para-hydroxylation sites is 2. The number of rotatable bonds is 10. The van der Waals surface area contributed by atoms with Crippen molar-refractivity contribution < 1.29 is 4.79 Å². The second kappa shape index (κ2) is 14.0. The Morgan fingerprint density at radius 3 is 1.41 bits per heavy atom. The molecule has 0 saturated heterocycles. The molecule has 1 unspecified atom stereocenters. The molecular formula is C42H39N3O. The van der Waals surface area contributed by atoms with E-state index in [9.17, 15) is 4.79 Å². The summed E-state index contributed by atoms with van der Waals surface area (Å²) in [5.41, 5.74) is 10.8. The maximum Gasteiger partial charge on any atom is 0.227 e. The van der Waals surface area contributed by atoms with Crippen LogP contribution in [-0.4, -0.2) is 5.91 Å². The topological polar surface area (TPSA) is 35.6 Å². The maximum absolute atomic E-state index is 12.4. The van der Waals surface area contributed by atoms with Gasteiger partial charge in [0.2, 0.25) is 5.91 Å². The molecule has 1 atom stereocenters. The summed E-state index contributed by atoms with van der Waals surface area (Å²) in [6, 6.07) is 54.9. The van der Waals surface area contributed by atoms with Gasteiger partial charge in [0.25, 0.3) is 0 Å². The Balaban J connectivity index is 1.27. The van der Waals surface area contributed by atoms with Crippen LogP contribution in [0.5, 0.6) is 0 Å². The minimum Gasteiger partial charge on any atom is -0.326 e. The Morgan fingerprint density at radius 2 is 0.957 bits per heavy atom. The quantitative estimate of drug-likeness (QED) is 0.170. The number of carbonyl (C=O) groups is 1. The molecule has 0 saturated carbocycles. The molecule has 228 valence electrons. The lowest BCUT2D eigenvalue weighted by molar-refractivity contribution is -0.119. The number of anilines is 7. The van der Waals surface area contributed by atoms with E-state index >= 15 is 0 Å². The highest BCUT2D eigenvalue weighted by Gasteiger charge is 2.15. The van der Waals surface area contributed by atoms with Gasteiger partial charge < -0.3 is 15.1 Å². The molecule has 4 nitrogen and oxygen atoms in total. The monoisotopic (exact) mass is 601 g/mol. The maximum atomic E-state index is 12.4. The largest absolute Gasteiger partial charge is 0.326 e. The third-order valence-electron chi connectivity index (χ3n) is 8.33. The van der Waals surface area contributed by atoms with E-state index in [0.29, 0.717) is 0 Å². The highest BCUT2D eigenvalue weighted by Crippen LogP contribution is 2.38. The van der Waals surface area contributed by atoms with Gasteiger partial charge in [0, 0.05) is 45.7 Å². The first-order chi connectivity index (χ1) is 22.5. The van der Waals surface area contributed by atoms with Crippen molar-refractivity contribution in [2.24, 2.45) is 5.92 Å². The lowest BCUT2D eigenvalue weighted by Crippen LogP contribution is -2.19. The van der Waals surface area contributed by atoms with E-state index in [-0.39, 0.29) is 11.8 Å². The number of nitrogens with zero attached hydrogens (tertiary/aromatic N) is 2. The van der Waals surface area contributed by atoms with Crippen molar-refractivity contribution in [2.45, 2.75) is 27.2 Å². The van der Waals surface area contributed by atoms with Gasteiger partial charge in [-0.05, 0) is 115 Å². The third kappa shape index (κ3) is 6.87. The molecule has 6 aromatic carbocycles. The van der Waals surface area contributed by atoms with Gasteiger partial charge >= 0.3 is 0 Å². The van der Waals surface area contributed by atoms with Gasteiger partial charge in [0.1, 0.15) is 0 Å². The molecule has 0 heterocycles. The average molecular weight is 602 g/mol. The van der Waals surface area contributed by atoms with Crippen molar-refractivity contribution in [2.75, 3.05) is 15.1 Å². The van der Waals surface area contributed by atoms with Gasteiger partial charge in [-0.25, -0.2) is 0 Å². The Hall–Kier alpha value is -5.61. The minimum absolute atomic E-state index is 0.0221. The molecule has 0 bridgehead atoms. The van der Waals surface area contributed by atoms with Crippen LogP contribution in [-0.2, 0) is 4.79 Å². The van der Waals surface area contributed by atoms with Crippen LogP contribution < -0.4 is 15.1 Å². The molecule has 1 N–H and O–H groups in total. The van der Waals surface area contributed by atoms with Crippen molar-refractivity contribution in [1.82, 2.24) is 0 Å². The number of nitrogens with one attached hydrogen (secondary N) is 1. The van der Waals surface area contributed by atoms with Crippen molar-refractivity contribution in [3.8, 4) is 11.1 Å². The van der Waals surface area contributed by atoms with Crippen LogP contribution in [0.2, 0.25) is 0 Å². The molecule has 0 aliphatic carbocycles. The van der Waals surface area contributed by atoms with Gasteiger partial charge in [-0.2, -0.15) is 0 Å². The van der Waals surface area contributed by atoms with Crippen molar-refractivity contribution in [1.29, 1.82) is 0 Å². The predicted molar refractivity (Wildman–Crippen MR) is 194 cm³/mol. The fraction of sp³-hybridized carbons (Fsp3) is 0.119. The van der Waals surface area contributed by atoms with Crippen LogP contribution in [0.25, 0.3) is 11.1 Å². The van der Waals surface area contributed by atoms with Crippen molar-refractivity contribution in [3.63, 3.8) is 0 Å². The molecule has 4 heteroatoms. The SMILES string of the molecule is CCC(C)C(=O)Nc1ccc(N(c2ccccc2)c2ccc(-c3ccc(N(c4ccccc4)c4cccc(C)c4)cc3)cc2)cc1. The van der Waals surface area contributed by atoms with E-state index < -0.39 is 0 Å². The zero-order valence-electron chi connectivity index (χ0n) is 26.6. The molecule has 1 amide bonds. The zero-order valence-corrected chi connectivity index (χ0v) is 26.6. The highest BCUT2D eigenvalue weighted by molar-refractivity contribution is 5.92. The second-order valence-corrected chi connectivity index (χ2v) is 11.6. The number of benzene rings is 6. The molecule has 6 aromatic rings. The minimum atomic E-state index is -0.0221. The summed E-state index contributed by atoms with van der Waals surface area (Å²) < 4.78 is 0. The van der Waals surface area contributed by atoms with Gasteiger partial charge in [-0.1, -0.05) is 86.6 Å². The summed E-state index contributed by atoms with van der Waals surface area (Å²) in [6.45, 7) is 6.10. The molecule has 0 aromatic heterocycles. The van der Waals surface area contributed by atoms with E-state index in [4.69, 9.17) is 0 Å². The first-order valence-electron chi connectivity index (χ1n) is 15.9. The Labute approximate surface area is 272 Å². The van der Waals surface area contributed by atoms with Gasteiger partial charge in [0.05, 0.1) is 0 Å². The van der Waals surface area contributed by atoms with Gasteiger partial charge in [-0.3, -0.25) is 4.79 Å². The predicted octanol–water partition coefficient (Wildman–Crippen LogP) is 11.6. The molecule has 0 aliphatic heterocycles. The number of hydrogen-bond acceptors (Lipinski definition) is 3. The summed E-state index contributed by atoms with van der Waals surface area (Å²) in [5, 5.41) is 3.04. The van der Waals surface area contributed by atoms with Crippen LogP contribution in [0.4, 0.5) is 39.8 Å². The molecular weight excluding hydrogens is 562 g/mol. The molecule has 0 aliphatic rings. The zero-order chi connectivity index (χ0) is 31.9. The second-order valence-electron chi connectivity index (χ2n) is 11.6. The van der Waals surface area contributed by atoms with Crippen LogP contribution in [0.15, 0.2) is 158 Å². The number of hydrogen-bond donors (Lipinski definition) is 1. The average Bonchev–Trinajstić information content (AvgIpc) is 3.10. The highest BCUT2D eigenvalue weighted by atomic mass is 16.1. The fourth-order valence-electron chi connectivity index (χ4n) is 5.57. The van der Waals surface area contributed by atoms with Gasteiger partial charge in [-0.15, -0.1) is 0 Å². The molecule has 0 spiro atoms. The van der Waals surface area contributed by atoms with Gasteiger partial charge in [0.15, 0.2) is 0 Å². The van der Waals surface area contributed by atoms with Crippen LogP contribution in [0.3, 0.4) is 0 Å². The standard InChI is InChI=1S/C42H39N3O/c1-4-32(3)42(46)43-35-22-28-40(29-23-35)44(36-13-7-5-8-14-36)38-24-18-33(19-25-38)34-20-26-39(27-21-34)45(37-15-9-6-10-16-37)41-17-11-12-31(2)30-41/h5-30,32H,4H2,1-3H3,(H,43,46). The van der Waals surface area contributed by atoms with E-state index in [2.05, 4.69) is 156 Å². The molecule has 6 rings (SSSR count). The Morgan fingerprint density at radius 1 is 0.543 bits per heavy atom. The number of carbonyl (C=O) groups excluding carboxylic acids is 1. The number of amides is 1. The number of aryl methyl sites for hydroxylation is 1. The molecule has 0 fully saturated rings. The molecule has 46 heavy (non-hydrogen) atoms. The van der Waals surface area contributed by atoms with E-state index in [1.807, 2.05) is 38.1 Å². The summed E-state index contributed by atoms with van der Waals surface area (Å²) >= 11 is 0. The van der Waals surface area contributed by atoms with Crippen molar-refractivity contribution >= 4 is 45.7 Å². The van der Waals surface area contributed by atoms with Crippen molar-refractivity contribution in [3.05, 3.63) is 163 Å². The molecule has 0 radical (unpaired) electrons. The normalized spacial score (nSPS) is 11.5. The summed E-state index contributed by atoms with van der Waals surface area (Å²) in [7, 11) is 0. The lowest BCUT2D eigenvalue weighted by atomic mass is 10.0. The summed E-state index contributed by atoms with van der Waals surface area (Å²) in [4.78, 5) is 16.9. The smallest absolute Gasteiger partial charge is 0.227 e. The van der Waals surface area contributed by atoms with Crippen LogP contribution >= 0.6 is 0 Å². The third-order valence-corrected chi connectivity index (χ3v) is 8.33.